The average Bonchev–Trinajstić information content (AvgIpc) is 2.46. The molecule has 1 aromatic carbocycles. The minimum absolute atomic E-state index is 0. The van der Waals surface area contributed by atoms with Gasteiger partial charge in [0.1, 0.15) is 0 Å². The molecule has 0 aliphatic rings. The summed E-state index contributed by atoms with van der Waals surface area (Å²) in [5, 5.41) is 8.88. The molecule has 2 nitrogen and oxygen atoms in total. The highest BCUT2D eigenvalue weighted by atomic mass is 35.5. The van der Waals surface area contributed by atoms with E-state index in [2.05, 4.69) is 13.8 Å². The van der Waals surface area contributed by atoms with Crippen LogP contribution in [0.25, 0.3) is 0 Å². The first-order valence-corrected chi connectivity index (χ1v) is 7.98. The molecule has 1 atom stereocenters. The molecule has 0 fully saturated rings. The molecule has 0 saturated carbocycles. The number of aromatic carboxylic acids is 1. The molecule has 0 bridgehead atoms. The van der Waals surface area contributed by atoms with Gasteiger partial charge in [-0.05, 0) is 30.0 Å². The number of carboxylic acid groups (broad SMARTS) is 1. The van der Waals surface area contributed by atoms with Gasteiger partial charge in [-0.1, -0.05) is 70.9 Å². The lowest BCUT2D eigenvalue weighted by Gasteiger charge is -2.12. The van der Waals surface area contributed by atoms with Gasteiger partial charge in [0.25, 0.3) is 0 Å². The van der Waals surface area contributed by atoms with Crippen LogP contribution in [-0.4, -0.2) is 11.1 Å². The van der Waals surface area contributed by atoms with Gasteiger partial charge < -0.3 is 5.11 Å². The van der Waals surface area contributed by atoms with E-state index in [1.54, 1.807) is 12.1 Å². The minimum atomic E-state index is -0.851. The van der Waals surface area contributed by atoms with Crippen LogP contribution in [0.1, 0.15) is 87.1 Å². The maximum Gasteiger partial charge on any atom is 0.335 e. The number of carbonyl (C=O) groups is 1. The SMILES string of the molecule is CCCCCCCCC[C@@H](C)c1ccc(C(=O)O)cc1.Cl. The molecule has 21 heavy (non-hydrogen) atoms. The molecule has 0 aliphatic heterocycles. The third-order valence-corrected chi connectivity index (χ3v) is 3.97. The predicted molar refractivity (Wildman–Crippen MR) is 91.7 cm³/mol. The molecule has 1 aromatic rings. The lowest BCUT2D eigenvalue weighted by molar-refractivity contribution is 0.0697. The van der Waals surface area contributed by atoms with E-state index in [1.165, 1.54) is 56.9 Å². The molecule has 1 rings (SSSR count). The van der Waals surface area contributed by atoms with Crippen molar-refractivity contribution in [2.24, 2.45) is 0 Å². The van der Waals surface area contributed by atoms with E-state index in [0.29, 0.717) is 11.5 Å². The van der Waals surface area contributed by atoms with Crippen molar-refractivity contribution in [2.45, 2.75) is 71.1 Å². The maximum absolute atomic E-state index is 10.8. The van der Waals surface area contributed by atoms with Crippen molar-refractivity contribution >= 4 is 18.4 Å². The molecule has 3 heteroatoms. The summed E-state index contributed by atoms with van der Waals surface area (Å²) < 4.78 is 0. The summed E-state index contributed by atoms with van der Waals surface area (Å²) >= 11 is 0. The van der Waals surface area contributed by atoms with Crippen molar-refractivity contribution in [1.82, 2.24) is 0 Å². The van der Waals surface area contributed by atoms with Crippen LogP contribution in [0.5, 0.6) is 0 Å². The molecule has 1 N–H and O–H groups in total. The Labute approximate surface area is 135 Å². The van der Waals surface area contributed by atoms with Crippen molar-refractivity contribution in [1.29, 1.82) is 0 Å². The fraction of sp³-hybridized carbons (Fsp3) is 0.611. The summed E-state index contributed by atoms with van der Waals surface area (Å²) in [5.74, 6) is -0.329. The summed E-state index contributed by atoms with van der Waals surface area (Å²) in [6.07, 6.45) is 10.6. The van der Waals surface area contributed by atoms with Crippen LogP contribution in [0.3, 0.4) is 0 Å². The van der Waals surface area contributed by atoms with Gasteiger partial charge in [-0.3, -0.25) is 0 Å². The molecule has 0 aromatic heterocycles. The van der Waals surface area contributed by atoms with Crippen LogP contribution in [0.2, 0.25) is 0 Å². The van der Waals surface area contributed by atoms with Gasteiger partial charge in [-0.25, -0.2) is 4.79 Å². The van der Waals surface area contributed by atoms with E-state index >= 15 is 0 Å². The lowest BCUT2D eigenvalue weighted by Crippen LogP contribution is -1.98. The molecular weight excluding hydrogens is 284 g/mol. The van der Waals surface area contributed by atoms with Crippen molar-refractivity contribution in [3.05, 3.63) is 35.4 Å². The smallest absolute Gasteiger partial charge is 0.335 e. The maximum atomic E-state index is 10.8. The van der Waals surface area contributed by atoms with Crippen LogP contribution < -0.4 is 0 Å². The van der Waals surface area contributed by atoms with Crippen LogP contribution in [-0.2, 0) is 0 Å². The summed E-state index contributed by atoms with van der Waals surface area (Å²) in [7, 11) is 0. The quantitative estimate of drug-likeness (QED) is 0.534. The van der Waals surface area contributed by atoms with Crippen molar-refractivity contribution in [3.63, 3.8) is 0 Å². The molecular formula is C18H29ClO2. The fourth-order valence-electron chi connectivity index (χ4n) is 2.53. The fourth-order valence-corrected chi connectivity index (χ4v) is 2.53. The molecule has 0 saturated heterocycles. The van der Waals surface area contributed by atoms with Gasteiger partial charge in [0.15, 0.2) is 0 Å². The van der Waals surface area contributed by atoms with Crippen LogP contribution in [0.15, 0.2) is 24.3 Å². The first-order valence-electron chi connectivity index (χ1n) is 7.98. The summed E-state index contributed by atoms with van der Waals surface area (Å²) in [6.45, 7) is 4.48. The summed E-state index contributed by atoms with van der Waals surface area (Å²) in [4.78, 5) is 10.8. The van der Waals surface area contributed by atoms with E-state index < -0.39 is 5.97 Å². The number of rotatable bonds is 10. The second-order valence-electron chi connectivity index (χ2n) is 5.74. The second kappa shape index (κ2) is 11.6. The predicted octanol–water partition coefficient (Wildman–Crippen LogP) is 6.05. The molecule has 0 aliphatic carbocycles. The number of hydrogen-bond donors (Lipinski definition) is 1. The molecule has 0 amide bonds. The zero-order chi connectivity index (χ0) is 14.8. The van der Waals surface area contributed by atoms with Crippen molar-refractivity contribution in [2.75, 3.05) is 0 Å². The Morgan fingerprint density at radius 2 is 1.52 bits per heavy atom. The Bertz CT molecular complexity index is 387. The Balaban J connectivity index is 0.00000400. The highest BCUT2D eigenvalue weighted by Gasteiger charge is 2.07. The first-order chi connectivity index (χ1) is 9.65. The van der Waals surface area contributed by atoms with Crippen LogP contribution in [0.4, 0.5) is 0 Å². The highest BCUT2D eigenvalue weighted by molar-refractivity contribution is 5.87. The topological polar surface area (TPSA) is 37.3 Å². The number of unbranched alkanes of at least 4 members (excludes halogenated alkanes) is 6. The van der Waals surface area contributed by atoms with Gasteiger partial charge in [0.05, 0.1) is 5.56 Å². The minimum Gasteiger partial charge on any atom is -0.478 e. The normalized spacial score (nSPS) is 11.7. The van der Waals surface area contributed by atoms with Gasteiger partial charge in [0.2, 0.25) is 0 Å². The lowest BCUT2D eigenvalue weighted by atomic mass is 9.94. The standard InChI is InChI=1S/C18H28O2.ClH/c1-3-4-5-6-7-8-9-10-15(2)16-11-13-17(14-12-16)18(19)20;/h11-15H,3-10H2,1-2H3,(H,19,20);1H/t15-;/m1./s1. The van der Waals surface area contributed by atoms with E-state index in [1.807, 2.05) is 12.1 Å². The van der Waals surface area contributed by atoms with Crippen molar-refractivity contribution in [3.8, 4) is 0 Å². The Morgan fingerprint density at radius 1 is 1.00 bits per heavy atom. The average molecular weight is 313 g/mol. The molecule has 120 valence electrons. The Kier molecular flexibility index (Phi) is 11.1. The zero-order valence-corrected chi connectivity index (χ0v) is 14.1. The number of halogens is 1. The zero-order valence-electron chi connectivity index (χ0n) is 13.3. The van der Waals surface area contributed by atoms with E-state index in [0.717, 1.165) is 0 Å². The van der Waals surface area contributed by atoms with Gasteiger partial charge in [-0.15, -0.1) is 12.4 Å². The molecule has 0 radical (unpaired) electrons. The molecule has 0 spiro atoms. The highest BCUT2D eigenvalue weighted by Crippen LogP contribution is 2.22. The van der Waals surface area contributed by atoms with Gasteiger partial charge in [-0.2, -0.15) is 0 Å². The van der Waals surface area contributed by atoms with Gasteiger partial charge in [0, 0.05) is 0 Å². The van der Waals surface area contributed by atoms with Crippen molar-refractivity contribution < 1.29 is 9.90 Å². The molecule has 0 heterocycles. The first kappa shape index (κ1) is 20.0. The van der Waals surface area contributed by atoms with E-state index in [-0.39, 0.29) is 12.4 Å². The third kappa shape index (κ3) is 8.11. The summed E-state index contributed by atoms with van der Waals surface area (Å²) in [5.41, 5.74) is 1.62. The number of carboxylic acids is 1. The Morgan fingerprint density at radius 3 is 2.05 bits per heavy atom. The molecule has 0 unspecified atom stereocenters. The Hall–Kier alpha value is -1.02. The van der Waals surface area contributed by atoms with E-state index in [4.69, 9.17) is 5.11 Å². The number of benzene rings is 1. The summed E-state index contributed by atoms with van der Waals surface area (Å²) in [6, 6.07) is 7.32. The monoisotopic (exact) mass is 312 g/mol. The number of hydrogen-bond acceptors (Lipinski definition) is 1. The van der Waals surface area contributed by atoms with Crippen LogP contribution >= 0.6 is 12.4 Å². The largest absolute Gasteiger partial charge is 0.478 e. The second-order valence-corrected chi connectivity index (χ2v) is 5.74. The van der Waals surface area contributed by atoms with Crippen LogP contribution in [0, 0.1) is 0 Å². The van der Waals surface area contributed by atoms with Gasteiger partial charge >= 0.3 is 5.97 Å². The van der Waals surface area contributed by atoms with E-state index in [9.17, 15) is 4.79 Å². The third-order valence-electron chi connectivity index (χ3n) is 3.97.